The first-order chi connectivity index (χ1) is 10.9. The van der Waals surface area contributed by atoms with E-state index in [2.05, 4.69) is 31.0 Å². The second-order valence-electron chi connectivity index (χ2n) is 6.37. The van der Waals surface area contributed by atoms with Gasteiger partial charge >= 0.3 is 0 Å². The van der Waals surface area contributed by atoms with Gasteiger partial charge in [-0.1, -0.05) is 6.07 Å². The molecule has 0 aliphatic carbocycles. The highest BCUT2D eigenvalue weighted by molar-refractivity contribution is 7.14. The van der Waals surface area contributed by atoms with Crippen LogP contribution >= 0.6 is 11.3 Å². The van der Waals surface area contributed by atoms with Crippen LogP contribution in [0.2, 0.25) is 0 Å². The standard InChI is InChI=1S/C18H18N2O2S/c1-10-4-5-13(8-11(10)2)20-7-6-18(22)16(21)15-14(19-17(18)20)9-12(3)23-15/h4-5,8-9,22H,6-7H2,1-3H3/t18-/m1/s1. The van der Waals surface area contributed by atoms with E-state index in [4.69, 9.17) is 0 Å². The zero-order valence-electron chi connectivity index (χ0n) is 13.4. The molecule has 0 saturated carbocycles. The van der Waals surface area contributed by atoms with Gasteiger partial charge in [-0.3, -0.25) is 4.79 Å². The lowest BCUT2D eigenvalue weighted by molar-refractivity contribution is 0.0607. The van der Waals surface area contributed by atoms with Crippen molar-refractivity contribution in [3.63, 3.8) is 0 Å². The van der Waals surface area contributed by atoms with Crippen molar-refractivity contribution in [3.05, 3.63) is 45.1 Å². The Kier molecular flexibility index (Phi) is 3.02. The Hall–Kier alpha value is -1.98. The number of hydrogen-bond donors (Lipinski definition) is 1. The van der Waals surface area contributed by atoms with Crippen LogP contribution in [0.15, 0.2) is 29.3 Å². The maximum atomic E-state index is 12.8. The monoisotopic (exact) mass is 326 g/mol. The third-order valence-electron chi connectivity index (χ3n) is 4.77. The third-order valence-corrected chi connectivity index (χ3v) is 5.81. The van der Waals surface area contributed by atoms with Crippen LogP contribution in [0.4, 0.5) is 11.4 Å². The quantitative estimate of drug-likeness (QED) is 0.872. The van der Waals surface area contributed by atoms with Gasteiger partial charge in [-0.15, -0.1) is 11.3 Å². The fourth-order valence-electron chi connectivity index (χ4n) is 3.28. The van der Waals surface area contributed by atoms with Crippen LogP contribution in [0.5, 0.6) is 0 Å². The van der Waals surface area contributed by atoms with E-state index in [1.807, 2.05) is 24.0 Å². The summed E-state index contributed by atoms with van der Waals surface area (Å²) >= 11 is 1.41. The number of anilines is 1. The minimum atomic E-state index is -1.48. The molecular weight excluding hydrogens is 308 g/mol. The van der Waals surface area contributed by atoms with Gasteiger partial charge in [-0.05, 0) is 50.1 Å². The molecule has 1 N–H and O–H groups in total. The Bertz CT molecular complexity index is 868. The first-order valence-electron chi connectivity index (χ1n) is 7.72. The topological polar surface area (TPSA) is 52.9 Å². The van der Waals surface area contributed by atoms with E-state index in [1.54, 1.807) is 0 Å². The smallest absolute Gasteiger partial charge is 0.214 e. The van der Waals surface area contributed by atoms with Crippen LogP contribution in [0.1, 0.15) is 32.1 Å². The fourth-order valence-corrected chi connectivity index (χ4v) is 4.24. The van der Waals surface area contributed by atoms with Gasteiger partial charge in [0.2, 0.25) is 5.78 Å². The predicted octanol–water partition coefficient (Wildman–Crippen LogP) is 3.54. The average Bonchev–Trinajstić information content (AvgIpc) is 3.04. The molecule has 0 radical (unpaired) electrons. The van der Waals surface area contributed by atoms with Gasteiger partial charge in [0.15, 0.2) is 5.60 Å². The number of aliphatic imine (C=N–C) groups is 1. The summed E-state index contributed by atoms with van der Waals surface area (Å²) in [5.74, 6) is 0.262. The predicted molar refractivity (Wildman–Crippen MR) is 93.3 cm³/mol. The Morgan fingerprint density at radius 1 is 1.22 bits per heavy atom. The number of benzene rings is 1. The number of aryl methyl sites for hydroxylation is 3. The summed E-state index contributed by atoms with van der Waals surface area (Å²) in [5, 5.41) is 11.0. The van der Waals surface area contributed by atoms with Crippen LogP contribution in [-0.4, -0.2) is 28.9 Å². The molecule has 118 valence electrons. The first kappa shape index (κ1) is 14.6. The normalized spacial score (nSPS) is 22.9. The van der Waals surface area contributed by atoms with E-state index >= 15 is 0 Å². The molecule has 1 saturated heterocycles. The minimum Gasteiger partial charge on any atom is -0.374 e. The van der Waals surface area contributed by atoms with Gasteiger partial charge in [0, 0.05) is 23.5 Å². The van der Waals surface area contributed by atoms with Crippen molar-refractivity contribution in [1.82, 2.24) is 0 Å². The lowest BCUT2D eigenvalue weighted by Gasteiger charge is -2.28. The summed E-state index contributed by atoms with van der Waals surface area (Å²) in [7, 11) is 0. The largest absolute Gasteiger partial charge is 0.374 e. The maximum absolute atomic E-state index is 12.8. The summed E-state index contributed by atoms with van der Waals surface area (Å²) in [6.45, 7) is 6.69. The number of carbonyl (C=O) groups is 1. The highest BCUT2D eigenvalue weighted by atomic mass is 32.1. The number of amidine groups is 1. The SMILES string of the molecule is Cc1cc2c(s1)C(=O)[C@]1(O)CCN(c3ccc(C)c(C)c3)C1=N2. The van der Waals surface area contributed by atoms with E-state index in [0.717, 1.165) is 10.6 Å². The first-order valence-corrected chi connectivity index (χ1v) is 8.53. The lowest BCUT2D eigenvalue weighted by atomic mass is 9.92. The molecule has 4 nitrogen and oxygen atoms in total. The van der Waals surface area contributed by atoms with E-state index in [1.165, 1.54) is 22.5 Å². The Morgan fingerprint density at radius 2 is 2.00 bits per heavy atom. The van der Waals surface area contributed by atoms with Crippen molar-refractivity contribution in [1.29, 1.82) is 0 Å². The molecule has 2 aromatic rings. The molecule has 2 aliphatic heterocycles. The number of fused-ring (bicyclic) bond motifs is 2. The molecule has 0 spiro atoms. The maximum Gasteiger partial charge on any atom is 0.214 e. The Labute approximate surface area is 139 Å². The van der Waals surface area contributed by atoms with Crippen LogP contribution in [0, 0.1) is 20.8 Å². The molecule has 2 aliphatic rings. The number of rotatable bonds is 1. The van der Waals surface area contributed by atoms with Crippen molar-refractivity contribution >= 4 is 34.3 Å². The fraction of sp³-hybridized carbons (Fsp3) is 0.333. The number of aliphatic hydroxyl groups is 1. The molecule has 5 heteroatoms. The number of Topliss-reactive ketones (excluding diaryl/α,β-unsaturated/α-hetero) is 1. The van der Waals surface area contributed by atoms with Gasteiger partial charge < -0.3 is 10.0 Å². The zero-order chi connectivity index (χ0) is 16.4. The van der Waals surface area contributed by atoms with E-state index in [9.17, 15) is 9.90 Å². The van der Waals surface area contributed by atoms with Gasteiger partial charge in [0.1, 0.15) is 5.84 Å². The lowest BCUT2D eigenvalue weighted by Crippen LogP contribution is -2.48. The van der Waals surface area contributed by atoms with E-state index in [-0.39, 0.29) is 5.78 Å². The third kappa shape index (κ3) is 2.00. The molecule has 0 unspecified atom stereocenters. The molecule has 1 fully saturated rings. The van der Waals surface area contributed by atoms with E-state index in [0.29, 0.717) is 29.4 Å². The Balaban J connectivity index is 1.85. The van der Waals surface area contributed by atoms with Gasteiger partial charge in [-0.25, -0.2) is 4.99 Å². The molecule has 0 bridgehead atoms. The molecule has 0 amide bonds. The second kappa shape index (κ2) is 4.76. The summed E-state index contributed by atoms with van der Waals surface area (Å²) in [4.78, 5) is 21.0. The molecule has 4 rings (SSSR count). The molecule has 1 aromatic carbocycles. The highest BCUT2D eigenvalue weighted by Crippen LogP contribution is 2.42. The van der Waals surface area contributed by atoms with E-state index < -0.39 is 5.60 Å². The average molecular weight is 326 g/mol. The van der Waals surface area contributed by atoms with Crippen molar-refractivity contribution in [2.75, 3.05) is 11.4 Å². The molecule has 1 atom stereocenters. The van der Waals surface area contributed by atoms with Crippen LogP contribution in [0.3, 0.4) is 0 Å². The summed E-state index contributed by atoms with van der Waals surface area (Å²) in [5.41, 5.74) is 2.59. The van der Waals surface area contributed by atoms with Crippen molar-refractivity contribution < 1.29 is 9.90 Å². The van der Waals surface area contributed by atoms with Gasteiger partial charge in [0.25, 0.3) is 0 Å². The highest BCUT2D eigenvalue weighted by Gasteiger charge is 2.53. The number of thiophene rings is 1. The Morgan fingerprint density at radius 3 is 2.74 bits per heavy atom. The second-order valence-corrected chi connectivity index (χ2v) is 7.62. The molecule has 23 heavy (non-hydrogen) atoms. The number of nitrogens with zero attached hydrogens (tertiary/aromatic N) is 2. The minimum absolute atomic E-state index is 0.207. The molecule has 3 heterocycles. The summed E-state index contributed by atoms with van der Waals surface area (Å²) in [6.07, 6.45) is 0.383. The summed E-state index contributed by atoms with van der Waals surface area (Å²) < 4.78 is 0. The van der Waals surface area contributed by atoms with Gasteiger partial charge in [0.05, 0.1) is 10.6 Å². The van der Waals surface area contributed by atoms with Crippen molar-refractivity contribution in [3.8, 4) is 0 Å². The van der Waals surface area contributed by atoms with Crippen molar-refractivity contribution in [2.45, 2.75) is 32.8 Å². The molecule has 1 aromatic heterocycles. The van der Waals surface area contributed by atoms with Crippen molar-refractivity contribution in [2.24, 2.45) is 4.99 Å². The number of ketones is 1. The zero-order valence-corrected chi connectivity index (χ0v) is 14.2. The number of hydrogen-bond acceptors (Lipinski definition) is 5. The molecular formula is C18H18N2O2S. The van der Waals surface area contributed by atoms with Crippen LogP contribution in [0.25, 0.3) is 0 Å². The van der Waals surface area contributed by atoms with Crippen LogP contribution in [-0.2, 0) is 0 Å². The summed E-state index contributed by atoms with van der Waals surface area (Å²) in [6, 6.07) is 8.09. The van der Waals surface area contributed by atoms with Gasteiger partial charge in [-0.2, -0.15) is 0 Å². The van der Waals surface area contributed by atoms with Crippen LogP contribution < -0.4 is 4.90 Å². The number of carbonyl (C=O) groups excluding carboxylic acids is 1.